The van der Waals surface area contributed by atoms with Gasteiger partial charge < -0.3 is 4.90 Å². The summed E-state index contributed by atoms with van der Waals surface area (Å²) in [6.45, 7) is 9.28. The van der Waals surface area contributed by atoms with E-state index in [1.54, 1.807) is 6.07 Å². The van der Waals surface area contributed by atoms with Crippen LogP contribution in [0.2, 0.25) is 25.2 Å². The molecule has 1 aromatic rings. The number of benzene rings is 1. The molecular weight excluding hydrogens is 490 g/mol. The van der Waals surface area contributed by atoms with Crippen molar-refractivity contribution < 1.29 is 9.18 Å². The molecule has 4 aliphatic rings. The molecule has 3 saturated heterocycles. The van der Waals surface area contributed by atoms with Gasteiger partial charge in [-0.25, -0.2) is 9.18 Å². The molecule has 1 saturated carbocycles. The molecule has 5 rings (SSSR count). The summed E-state index contributed by atoms with van der Waals surface area (Å²) < 4.78 is 14.1. The number of carbonyl (C=O) groups excluding carboxylic acids is 1. The number of nitrogens with one attached hydrogen (secondary N) is 1. The lowest BCUT2D eigenvalue weighted by molar-refractivity contribution is 0.0908. The van der Waals surface area contributed by atoms with E-state index in [0.717, 1.165) is 44.1 Å². The Kier molecular flexibility index (Phi) is 8.43. The Bertz CT molecular complexity index is 928. The van der Waals surface area contributed by atoms with Crippen molar-refractivity contribution in [1.82, 2.24) is 10.2 Å². The summed E-state index contributed by atoms with van der Waals surface area (Å²) in [7, 11) is -1.17. The second-order valence-electron chi connectivity index (χ2n) is 11.4. The maximum atomic E-state index is 14.1. The monoisotopic (exact) mass is 528 g/mol. The Morgan fingerprint density at radius 2 is 2.00 bits per heavy atom. The largest absolute Gasteiger partial charge is 0.328 e. The van der Waals surface area contributed by atoms with Crippen LogP contribution < -0.4 is 10.2 Å². The number of amides is 2. The van der Waals surface area contributed by atoms with Crippen molar-refractivity contribution in [1.29, 1.82) is 0 Å². The van der Waals surface area contributed by atoms with Gasteiger partial charge in [-0.2, -0.15) is 0 Å². The number of hydrogen-bond acceptors (Lipinski definition) is 3. The van der Waals surface area contributed by atoms with Gasteiger partial charge in [-0.15, -0.1) is 24.8 Å². The topological polar surface area (TPSA) is 47.9 Å². The highest BCUT2D eigenvalue weighted by Gasteiger charge is 2.55. The van der Waals surface area contributed by atoms with Crippen LogP contribution in [0.4, 0.5) is 14.9 Å². The van der Waals surface area contributed by atoms with E-state index < -0.39 is 13.6 Å². The molecule has 2 amide bonds. The maximum absolute atomic E-state index is 14.1. The number of piperidine rings is 1. The van der Waals surface area contributed by atoms with Gasteiger partial charge in [-0.3, -0.25) is 15.2 Å². The summed E-state index contributed by atoms with van der Waals surface area (Å²) in [5.41, 5.74) is 0.128. The summed E-state index contributed by atoms with van der Waals surface area (Å²) in [5.74, 6) is 1.35. The molecule has 5 nitrogen and oxygen atoms in total. The Morgan fingerprint density at radius 1 is 1.24 bits per heavy atom. The average molecular weight is 530 g/mol. The average Bonchev–Trinajstić information content (AvgIpc) is 3.16. The predicted octanol–water partition coefficient (Wildman–Crippen LogP) is 6.10. The highest BCUT2D eigenvalue weighted by atomic mass is 35.5. The van der Waals surface area contributed by atoms with Gasteiger partial charge >= 0.3 is 6.03 Å². The number of nitrogens with zero attached hydrogens (tertiary/aromatic N) is 3. The molecular formula is C25H39Cl2FN4OSi. The van der Waals surface area contributed by atoms with Crippen LogP contribution in [-0.2, 0) is 0 Å². The molecule has 0 radical (unpaired) electrons. The van der Waals surface area contributed by atoms with Crippen LogP contribution >= 0.6 is 24.8 Å². The van der Waals surface area contributed by atoms with Crippen molar-refractivity contribution in [2.75, 3.05) is 18.0 Å². The second kappa shape index (κ2) is 10.5. The fourth-order valence-corrected chi connectivity index (χ4v) is 9.25. The Labute approximate surface area is 216 Å². The molecule has 3 heterocycles. The summed E-state index contributed by atoms with van der Waals surface area (Å²) in [6, 6.07) is 9.46. The smallest absolute Gasteiger partial charge is 0.300 e. The molecule has 190 valence electrons. The van der Waals surface area contributed by atoms with E-state index in [4.69, 9.17) is 4.99 Å². The number of likely N-dealkylation sites (tertiary alicyclic amines) is 1. The summed E-state index contributed by atoms with van der Waals surface area (Å²) in [5, 5.41) is 3.15. The molecule has 3 atom stereocenters. The highest BCUT2D eigenvalue weighted by molar-refractivity contribution is 6.78. The van der Waals surface area contributed by atoms with Crippen LogP contribution in [0, 0.1) is 11.7 Å². The highest BCUT2D eigenvalue weighted by Crippen LogP contribution is 2.42. The van der Waals surface area contributed by atoms with Gasteiger partial charge in [0.2, 0.25) is 0 Å². The maximum Gasteiger partial charge on any atom is 0.328 e. The zero-order valence-electron chi connectivity index (χ0n) is 20.6. The molecule has 4 fully saturated rings. The minimum atomic E-state index is -1.17. The number of hydrogen-bond donors (Lipinski definition) is 1. The molecule has 1 aromatic carbocycles. The molecule has 9 heteroatoms. The van der Waals surface area contributed by atoms with Gasteiger partial charge in [-0.05, 0) is 69.2 Å². The molecule has 0 unspecified atom stereocenters. The van der Waals surface area contributed by atoms with Crippen LogP contribution in [0.25, 0.3) is 0 Å². The van der Waals surface area contributed by atoms with E-state index in [2.05, 4.69) is 30.2 Å². The standard InChI is InChI=1S/C25H37FN4OSi.2ClH/c1-18-15-25(11-12-29(18)16-19-6-4-7-19)23(27-21-10-13-32(2,3)17-21)28-24(31)30(25)22-9-5-8-20(26)14-22;;/h5,8-9,14,18-19,21H,4,6-7,10-13,15-17H2,1-3H3,(H,27,28,31);2*1H/t18-,21-,25+;;/m0../s1. The zero-order chi connectivity index (χ0) is 22.5. The van der Waals surface area contributed by atoms with Gasteiger partial charge in [0, 0.05) is 38.9 Å². The van der Waals surface area contributed by atoms with E-state index in [-0.39, 0.29) is 36.7 Å². The number of amidine groups is 1. The van der Waals surface area contributed by atoms with Crippen molar-refractivity contribution in [2.24, 2.45) is 10.9 Å². The van der Waals surface area contributed by atoms with Crippen molar-refractivity contribution >= 4 is 50.4 Å². The lowest BCUT2D eigenvalue weighted by Gasteiger charge is -2.48. The van der Waals surface area contributed by atoms with E-state index >= 15 is 0 Å². The van der Waals surface area contributed by atoms with Gasteiger partial charge in [0.1, 0.15) is 17.2 Å². The van der Waals surface area contributed by atoms with Gasteiger partial charge in [0.25, 0.3) is 0 Å². The van der Waals surface area contributed by atoms with E-state index in [1.165, 1.54) is 43.5 Å². The van der Waals surface area contributed by atoms with E-state index in [9.17, 15) is 9.18 Å². The van der Waals surface area contributed by atoms with Crippen LogP contribution in [0.3, 0.4) is 0 Å². The molecule has 34 heavy (non-hydrogen) atoms. The Morgan fingerprint density at radius 3 is 2.59 bits per heavy atom. The first-order valence-electron chi connectivity index (χ1n) is 12.4. The van der Waals surface area contributed by atoms with Gasteiger partial charge in [-0.1, -0.05) is 31.6 Å². The third kappa shape index (κ3) is 5.18. The van der Waals surface area contributed by atoms with Gasteiger partial charge in [0.05, 0.1) is 0 Å². The minimum absolute atomic E-state index is 0. The SMILES string of the molecule is C[C@H]1C[C@]2(CCN1CC1CCC1)C(=N[C@H]1CC[Si](C)(C)C1)NC(=O)N2c1cccc(F)c1.Cl.Cl. The molecule has 1 N–H and O–H groups in total. The molecule has 1 spiro atoms. The molecule has 1 aliphatic carbocycles. The van der Waals surface area contributed by atoms with Crippen molar-refractivity contribution in [3.8, 4) is 0 Å². The van der Waals surface area contributed by atoms with Crippen LogP contribution in [0.15, 0.2) is 29.3 Å². The number of anilines is 1. The van der Waals surface area contributed by atoms with Gasteiger partial charge in [0.15, 0.2) is 0 Å². The summed E-state index contributed by atoms with van der Waals surface area (Å²) in [6.07, 6.45) is 6.85. The fourth-order valence-electron chi connectivity index (χ4n) is 6.36. The quantitative estimate of drug-likeness (QED) is 0.479. The summed E-state index contributed by atoms with van der Waals surface area (Å²) >= 11 is 0. The number of halogens is 3. The van der Waals surface area contributed by atoms with Crippen LogP contribution in [0.5, 0.6) is 0 Å². The lowest BCUT2D eigenvalue weighted by atomic mass is 9.79. The third-order valence-corrected chi connectivity index (χ3v) is 11.6. The number of rotatable bonds is 4. The molecule has 3 aliphatic heterocycles. The van der Waals surface area contributed by atoms with Crippen molar-refractivity contribution in [3.63, 3.8) is 0 Å². The van der Waals surface area contributed by atoms with Crippen molar-refractivity contribution in [2.45, 2.75) is 88.3 Å². The third-order valence-electron chi connectivity index (χ3n) is 8.40. The molecule has 0 aromatic heterocycles. The number of carbonyl (C=O) groups is 1. The normalized spacial score (nSPS) is 32.3. The Hall–Kier alpha value is -1.15. The van der Waals surface area contributed by atoms with Crippen molar-refractivity contribution in [3.05, 3.63) is 30.1 Å². The first kappa shape index (κ1) is 27.4. The fraction of sp³-hybridized carbons (Fsp3) is 0.680. The number of aliphatic imine (C=N–C) groups is 1. The minimum Gasteiger partial charge on any atom is -0.300 e. The number of urea groups is 1. The van der Waals surface area contributed by atoms with Crippen LogP contribution in [-0.4, -0.2) is 55.6 Å². The van der Waals surface area contributed by atoms with E-state index in [0.29, 0.717) is 17.8 Å². The Balaban J connectivity index is 0.00000162. The second-order valence-corrected chi connectivity index (χ2v) is 16.6. The van der Waals surface area contributed by atoms with E-state index in [1.807, 2.05) is 11.0 Å². The predicted molar refractivity (Wildman–Crippen MR) is 145 cm³/mol. The summed E-state index contributed by atoms with van der Waals surface area (Å²) in [4.78, 5) is 22.9. The lowest BCUT2D eigenvalue weighted by Crippen LogP contribution is -2.60. The molecule has 0 bridgehead atoms. The first-order valence-corrected chi connectivity index (χ1v) is 15.9. The zero-order valence-corrected chi connectivity index (χ0v) is 23.2. The van der Waals surface area contributed by atoms with Crippen LogP contribution in [0.1, 0.15) is 45.4 Å². The first-order chi connectivity index (χ1) is 15.3.